The van der Waals surface area contributed by atoms with Crippen molar-refractivity contribution in [2.24, 2.45) is 0 Å². The summed E-state index contributed by atoms with van der Waals surface area (Å²) in [5, 5.41) is 15.8. The van der Waals surface area contributed by atoms with E-state index in [-0.39, 0.29) is 11.4 Å². The average molecular weight is 377 g/mol. The lowest BCUT2D eigenvalue weighted by molar-refractivity contribution is -0.385. The molecule has 1 aliphatic carbocycles. The first-order valence-corrected chi connectivity index (χ1v) is 8.70. The molecule has 0 aromatic heterocycles. The third kappa shape index (κ3) is 6.61. The normalized spacial score (nSPS) is 13.3. The van der Waals surface area contributed by atoms with Gasteiger partial charge in [-0.25, -0.2) is 4.79 Å². The van der Waals surface area contributed by atoms with Gasteiger partial charge in [0.15, 0.2) is 12.4 Å². The Morgan fingerprint density at radius 1 is 1.30 bits per heavy atom. The number of hydrogen-bond acceptors (Lipinski definition) is 6. The topological polar surface area (TPSA) is 120 Å². The van der Waals surface area contributed by atoms with Crippen molar-refractivity contribution < 1.29 is 24.0 Å². The molecule has 0 atom stereocenters. The second kappa shape index (κ2) is 10.1. The number of ether oxygens (including phenoxy) is 2. The number of nitro benzene ring substituents is 1. The van der Waals surface area contributed by atoms with E-state index in [2.05, 4.69) is 16.7 Å². The lowest BCUT2D eigenvalue weighted by atomic mass is 9.97. The van der Waals surface area contributed by atoms with Gasteiger partial charge in [-0.3, -0.25) is 20.2 Å². The van der Waals surface area contributed by atoms with E-state index < -0.39 is 23.5 Å². The van der Waals surface area contributed by atoms with E-state index in [0.29, 0.717) is 12.3 Å². The number of nitrogens with zero attached hydrogens (tertiary/aromatic N) is 1. The third-order valence-corrected chi connectivity index (χ3v) is 4.09. The Labute approximate surface area is 156 Å². The highest BCUT2D eigenvalue weighted by molar-refractivity contribution is 5.95. The van der Waals surface area contributed by atoms with Crippen molar-refractivity contribution in [2.45, 2.75) is 32.1 Å². The molecular weight excluding hydrogens is 354 g/mol. The fraction of sp³-hybridized carbons (Fsp3) is 0.444. The SMILES string of the molecule is COc1ccc(OCC(=O)NC(=O)NCCC2=CCCCC2)c([N+](=O)[O-])c1. The van der Waals surface area contributed by atoms with E-state index in [1.165, 1.54) is 43.7 Å². The van der Waals surface area contributed by atoms with Crippen molar-refractivity contribution in [1.82, 2.24) is 10.6 Å². The Bertz CT molecular complexity index is 732. The summed E-state index contributed by atoms with van der Waals surface area (Å²) in [6, 6.07) is 3.39. The number of carbonyl (C=O) groups is 2. The van der Waals surface area contributed by atoms with Crippen molar-refractivity contribution in [3.05, 3.63) is 40.0 Å². The number of nitrogens with one attached hydrogen (secondary N) is 2. The lowest BCUT2D eigenvalue weighted by Crippen LogP contribution is -2.42. The maximum atomic E-state index is 11.8. The number of nitro groups is 1. The lowest BCUT2D eigenvalue weighted by Gasteiger charge is -2.13. The number of hydrogen-bond donors (Lipinski definition) is 2. The van der Waals surface area contributed by atoms with E-state index in [4.69, 9.17) is 9.47 Å². The fourth-order valence-corrected chi connectivity index (χ4v) is 2.71. The van der Waals surface area contributed by atoms with E-state index in [1.54, 1.807) is 0 Å². The molecule has 0 aliphatic heterocycles. The van der Waals surface area contributed by atoms with E-state index in [0.717, 1.165) is 19.3 Å². The van der Waals surface area contributed by atoms with Gasteiger partial charge in [0.25, 0.3) is 5.91 Å². The summed E-state index contributed by atoms with van der Waals surface area (Å²) in [5.41, 5.74) is 0.996. The molecule has 0 unspecified atom stereocenters. The Morgan fingerprint density at radius 3 is 2.78 bits per heavy atom. The van der Waals surface area contributed by atoms with Crippen LogP contribution < -0.4 is 20.1 Å². The van der Waals surface area contributed by atoms with Gasteiger partial charge in [-0.15, -0.1) is 0 Å². The zero-order valence-electron chi connectivity index (χ0n) is 15.2. The molecule has 0 heterocycles. The van der Waals surface area contributed by atoms with Crippen LogP contribution in [0.2, 0.25) is 0 Å². The smallest absolute Gasteiger partial charge is 0.321 e. The minimum absolute atomic E-state index is 0.0828. The first kappa shape index (κ1) is 20.2. The van der Waals surface area contributed by atoms with Crippen LogP contribution in [0, 0.1) is 10.1 Å². The molecule has 0 radical (unpaired) electrons. The summed E-state index contributed by atoms with van der Waals surface area (Å²) in [6.45, 7) is -0.0818. The van der Waals surface area contributed by atoms with Crippen molar-refractivity contribution in [3.63, 3.8) is 0 Å². The van der Waals surface area contributed by atoms with E-state index in [9.17, 15) is 19.7 Å². The zero-order chi connectivity index (χ0) is 19.6. The minimum atomic E-state index is -0.700. The van der Waals surface area contributed by atoms with Crippen LogP contribution in [-0.4, -0.2) is 37.1 Å². The van der Waals surface area contributed by atoms with Crippen LogP contribution in [0.5, 0.6) is 11.5 Å². The molecule has 146 valence electrons. The molecule has 0 saturated carbocycles. The summed E-state index contributed by atoms with van der Waals surface area (Å²) >= 11 is 0. The van der Waals surface area contributed by atoms with Crippen LogP contribution in [0.4, 0.5) is 10.5 Å². The number of allylic oxidation sites excluding steroid dienone is 1. The summed E-state index contributed by atoms with van der Waals surface area (Å²) in [4.78, 5) is 33.9. The highest BCUT2D eigenvalue weighted by Gasteiger charge is 2.18. The summed E-state index contributed by atoms with van der Waals surface area (Å²) in [6.07, 6.45) is 7.47. The van der Waals surface area contributed by atoms with Gasteiger partial charge in [0.05, 0.1) is 18.1 Å². The number of urea groups is 1. The van der Waals surface area contributed by atoms with Crippen LogP contribution in [0.1, 0.15) is 32.1 Å². The van der Waals surface area contributed by atoms with Gasteiger partial charge >= 0.3 is 11.7 Å². The van der Waals surface area contributed by atoms with Gasteiger partial charge in [0.1, 0.15) is 5.75 Å². The molecule has 27 heavy (non-hydrogen) atoms. The minimum Gasteiger partial charge on any atom is -0.496 e. The summed E-state index contributed by atoms with van der Waals surface area (Å²) < 4.78 is 10.1. The van der Waals surface area contributed by atoms with Gasteiger partial charge in [-0.1, -0.05) is 11.6 Å². The molecule has 0 saturated heterocycles. The van der Waals surface area contributed by atoms with E-state index >= 15 is 0 Å². The predicted octanol–water partition coefficient (Wildman–Crippen LogP) is 2.70. The quantitative estimate of drug-likeness (QED) is 0.408. The second-order valence-corrected chi connectivity index (χ2v) is 6.04. The average Bonchev–Trinajstić information content (AvgIpc) is 2.67. The molecule has 0 bridgehead atoms. The van der Waals surface area contributed by atoms with Crippen molar-refractivity contribution >= 4 is 17.6 Å². The van der Waals surface area contributed by atoms with E-state index in [1.807, 2.05) is 0 Å². The number of methoxy groups -OCH3 is 1. The van der Waals surface area contributed by atoms with Crippen LogP contribution in [0.25, 0.3) is 0 Å². The Hall–Kier alpha value is -3.10. The molecule has 1 aromatic rings. The molecule has 9 heteroatoms. The molecule has 2 rings (SSSR count). The first-order chi connectivity index (χ1) is 13.0. The number of rotatable bonds is 8. The second-order valence-electron chi connectivity index (χ2n) is 6.04. The summed E-state index contributed by atoms with van der Waals surface area (Å²) in [5.74, 6) is -0.485. The zero-order valence-corrected chi connectivity index (χ0v) is 15.2. The largest absolute Gasteiger partial charge is 0.496 e. The van der Waals surface area contributed by atoms with Crippen LogP contribution in [0.3, 0.4) is 0 Å². The molecule has 0 spiro atoms. The monoisotopic (exact) mass is 377 g/mol. The maximum Gasteiger partial charge on any atom is 0.321 e. The highest BCUT2D eigenvalue weighted by Crippen LogP contribution is 2.30. The maximum absolute atomic E-state index is 11.8. The number of carbonyl (C=O) groups excluding carboxylic acids is 2. The molecule has 3 amide bonds. The Morgan fingerprint density at radius 2 is 2.11 bits per heavy atom. The molecule has 1 aromatic carbocycles. The van der Waals surface area contributed by atoms with Crippen LogP contribution in [0.15, 0.2) is 29.8 Å². The number of amides is 3. The summed E-state index contributed by atoms with van der Waals surface area (Å²) in [7, 11) is 1.39. The molecule has 2 N–H and O–H groups in total. The van der Waals surface area contributed by atoms with Crippen LogP contribution in [-0.2, 0) is 4.79 Å². The van der Waals surface area contributed by atoms with Crippen molar-refractivity contribution in [2.75, 3.05) is 20.3 Å². The number of benzene rings is 1. The van der Waals surface area contributed by atoms with Crippen LogP contribution >= 0.6 is 0 Å². The first-order valence-electron chi connectivity index (χ1n) is 8.70. The van der Waals surface area contributed by atoms with Gasteiger partial charge in [-0.05, 0) is 44.2 Å². The molecule has 0 fully saturated rings. The van der Waals surface area contributed by atoms with Gasteiger partial charge < -0.3 is 14.8 Å². The van der Waals surface area contributed by atoms with Crippen molar-refractivity contribution in [1.29, 1.82) is 0 Å². The van der Waals surface area contributed by atoms with Gasteiger partial charge in [0.2, 0.25) is 0 Å². The highest BCUT2D eigenvalue weighted by atomic mass is 16.6. The molecular formula is C18H23N3O6. The Kier molecular flexibility index (Phi) is 7.60. The predicted molar refractivity (Wildman–Crippen MR) is 97.9 cm³/mol. The fourth-order valence-electron chi connectivity index (χ4n) is 2.71. The molecule has 1 aliphatic rings. The van der Waals surface area contributed by atoms with Gasteiger partial charge in [0, 0.05) is 6.54 Å². The Balaban J connectivity index is 1.76. The van der Waals surface area contributed by atoms with Gasteiger partial charge in [-0.2, -0.15) is 0 Å². The third-order valence-electron chi connectivity index (χ3n) is 4.09. The molecule has 9 nitrogen and oxygen atoms in total. The number of imide groups is 1. The van der Waals surface area contributed by atoms with Crippen molar-refractivity contribution in [3.8, 4) is 11.5 Å². The standard InChI is InChI=1S/C18H23N3O6/c1-26-14-7-8-16(15(11-14)21(24)25)27-12-17(22)20-18(23)19-10-9-13-5-3-2-4-6-13/h5,7-8,11H,2-4,6,9-10,12H2,1H3,(H2,19,20,22,23).